The summed E-state index contributed by atoms with van der Waals surface area (Å²) in [5.74, 6) is 0.308. The molecule has 1 atom stereocenters. The molecule has 1 fully saturated rings. The summed E-state index contributed by atoms with van der Waals surface area (Å²) in [5, 5.41) is 3.59. The van der Waals surface area contributed by atoms with Crippen LogP contribution in [0.15, 0.2) is 0 Å². The van der Waals surface area contributed by atoms with Crippen molar-refractivity contribution in [2.75, 3.05) is 39.3 Å². The van der Waals surface area contributed by atoms with Gasteiger partial charge in [-0.15, -0.1) is 0 Å². The van der Waals surface area contributed by atoms with Gasteiger partial charge in [0.2, 0.25) is 5.91 Å². The SMILES string of the molecule is CCCN(CC(=O)N(CCC)CCC)CC1CCCCN1. The third-order valence-corrected chi connectivity index (χ3v) is 4.13. The molecule has 0 aromatic heterocycles. The Balaban J connectivity index is 2.48. The standard InChI is InChI=1S/C17H35N3O/c1-4-11-19(14-16-9-7-8-10-18-16)15-17(21)20(12-5-2)13-6-3/h16,18H,4-15H2,1-3H3. The Bertz CT molecular complexity index is 271. The average molecular weight is 297 g/mol. The van der Waals surface area contributed by atoms with Crippen LogP contribution < -0.4 is 5.32 Å². The van der Waals surface area contributed by atoms with Crippen molar-refractivity contribution in [3.05, 3.63) is 0 Å². The van der Waals surface area contributed by atoms with E-state index in [9.17, 15) is 4.79 Å². The van der Waals surface area contributed by atoms with E-state index < -0.39 is 0 Å². The van der Waals surface area contributed by atoms with Gasteiger partial charge in [-0.1, -0.05) is 27.2 Å². The second-order valence-corrected chi connectivity index (χ2v) is 6.26. The quantitative estimate of drug-likeness (QED) is 0.673. The minimum absolute atomic E-state index is 0.308. The van der Waals surface area contributed by atoms with Gasteiger partial charge in [0.1, 0.15) is 0 Å². The zero-order valence-electron chi connectivity index (χ0n) is 14.4. The molecule has 1 saturated heterocycles. The zero-order valence-corrected chi connectivity index (χ0v) is 14.4. The Hall–Kier alpha value is -0.610. The van der Waals surface area contributed by atoms with Crippen molar-refractivity contribution >= 4 is 5.91 Å². The lowest BCUT2D eigenvalue weighted by Crippen LogP contribution is -2.48. The topological polar surface area (TPSA) is 35.6 Å². The molecule has 21 heavy (non-hydrogen) atoms. The minimum Gasteiger partial charge on any atom is -0.342 e. The van der Waals surface area contributed by atoms with Crippen molar-refractivity contribution in [1.82, 2.24) is 15.1 Å². The maximum absolute atomic E-state index is 12.5. The minimum atomic E-state index is 0.308. The van der Waals surface area contributed by atoms with Crippen LogP contribution in [0.3, 0.4) is 0 Å². The fourth-order valence-corrected chi connectivity index (χ4v) is 3.13. The van der Waals surface area contributed by atoms with Gasteiger partial charge < -0.3 is 10.2 Å². The number of rotatable bonds is 10. The molecule has 4 nitrogen and oxygen atoms in total. The molecule has 1 rings (SSSR count). The third kappa shape index (κ3) is 7.28. The predicted octanol–water partition coefficient (Wildman–Crippen LogP) is 2.49. The summed E-state index contributed by atoms with van der Waals surface area (Å²) in [4.78, 5) is 16.9. The van der Waals surface area contributed by atoms with Crippen LogP contribution in [-0.4, -0.2) is 61.0 Å². The molecular formula is C17H35N3O. The molecule has 124 valence electrons. The van der Waals surface area contributed by atoms with Crippen molar-refractivity contribution < 1.29 is 4.79 Å². The molecule has 0 aliphatic carbocycles. The van der Waals surface area contributed by atoms with Gasteiger partial charge >= 0.3 is 0 Å². The van der Waals surface area contributed by atoms with Crippen LogP contribution in [0.1, 0.15) is 59.3 Å². The largest absolute Gasteiger partial charge is 0.342 e. The molecule has 1 heterocycles. The summed E-state index contributed by atoms with van der Waals surface area (Å²) in [6.07, 6.45) is 7.07. The van der Waals surface area contributed by atoms with Gasteiger partial charge in [-0.25, -0.2) is 0 Å². The Morgan fingerprint density at radius 1 is 1.05 bits per heavy atom. The molecule has 4 heteroatoms. The van der Waals surface area contributed by atoms with Gasteiger partial charge in [0, 0.05) is 25.7 Å². The first-order valence-electron chi connectivity index (χ1n) is 8.94. The second kappa shape index (κ2) is 11.0. The Kier molecular flexibility index (Phi) is 9.68. The smallest absolute Gasteiger partial charge is 0.236 e. The normalized spacial score (nSPS) is 19.0. The first-order valence-corrected chi connectivity index (χ1v) is 8.94. The summed E-state index contributed by atoms with van der Waals surface area (Å²) < 4.78 is 0. The Morgan fingerprint density at radius 2 is 1.71 bits per heavy atom. The first-order chi connectivity index (χ1) is 10.2. The Labute approximate surface area is 131 Å². The molecule has 1 amide bonds. The van der Waals surface area contributed by atoms with Gasteiger partial charge in [-0.3, -0.25) is 9.69 Å². The maximum Gasteiger partial charge on any atom is 0.236 e. The lowest BCUT2D eigenvalue weighted by Gasteiger charge is -2.31. The van der Waals surface area contributed by atoms with E-state index in [1.807, 2.05) is 4.90 Å². The summed E-state index contributed by atoms with van der Waals surface area (Å²) in [6, 6.07) is 0.573. The Morgan fingerprint density at radius 3 is 2.24 bits per heavy atom. The monoisotopic (exact) mass is 297 g/mol. The van der Waals surface area contributed by atoms with Crippen LogP contribution >= 0.6 is 0 Å². The average Bonchev–Trinajstić information content (AvgIpc) is 2.48. The number of carbonyl (C=O) groups excluding carboxylic acids is 1. The van der Waals surface area contributed by atoms with E-state index in [-0.39, 0.29) is 0 Å². The predicted molar refractivity (Wildman–Crippen MR) is 89.5 cm³/mol. The van der Waals surface area contributed by atoms with E-state index >= 15 is 0 Å². The second-order valence-electron chi connectivity index (χ2n) is 6.26. The fraction of sp³-hybridized carbons (Fsp3) is 0.941. The summed E-state index contributed by atoms with van der Waals surface area (Å²) in [7, 11) is 0. The fourth-order valence-electron chi connectivity index (χ4n) is 3.13. The van der Waals surface area contributed by atoms with Gasteiger partial charge in [-0.2, -0.15) is 0 Å². The van der Waals surface area contributed by atoms with Crippen LogP contribution in [0, 0.1) is 0 Å². The lowest BCUT2D eigenvalue weighted by molar-refractivity contribution is -0.132. The highest BCUT2D eigenvalue weighted by Crippen LogP contribution is 2.09. The number of hydrogen-bond acceptors (Lipinski definition) is 3. The van der Waals surface area contributed by atoms with Crippen LogP contribution in [0.2, 0.25) is 0 Å². The van der Waals surface area contributed by atoms with Crippen LogP contribution in [0.5, 0.6) is 0 Å². The highest BCUT2D eigenvalue weighted by molar-refractivity contribution is 5.78. The van der Waals surface area contributed by atoms with E-state index in [2.05, 4.69) is 31.0 Å². The van der Waals surface area contributed by atoms with Crippen molar-refractivity contribution in [2.45, 2.75) is 65.3 Å². The summed E-state index contributed by atoms with van der Waals surface area (Å²) in [5.41, 5.74) is 0. The molecular weight excluding hydrogens is 262 g/mol. The van der Waals surface area contributed by atoms with Crippen LogP contribution in [0.4, 0.5) is 0 Å². The number of amides is 1. The van der Waals surface area contributed by atoms with Crippen molar-refractivity contribution in [1.29, 1.82) is 0 Å². The highest BCUT2D eigenvalue weighted by atomic mass is 16.2. The van der Waals surface area contributed by atoms with Gasteiger partial charge in [0.15, 0.2) is 0 Å². The molecule has 0 radical (unpaired) electrons. The van der Waals surface area contributed by atoms with E-state index in [0.717, 1.165) is 52.0 Å². The number of hydrogen-bond donors (Lipinski definition) is 1. The molecule has 0 aromatic rings. The number of nitrogens with zero attached hydrogens (tertiary/aromatic N) is 2. The number of carbonyl (C=O) groups is 1. The molecule has 0 spiro atoms. The molecule has 0 saturated carbocycles. The maximum atomic E-state index is 12.5. The number of piperidine rings is 1. The van der Waals surface area contributed by atoms with E-state index in [4.69, 9.17) is 0 Å². The molecule has 1 aliphatic heterocycles. The lowest BCUT2D eigenvalue weighted by atomic mass is 10.0. The van der Waals surface area contributed by atoms with Crippen molar-refractivity contribution in [3.63, 3.8) is 0 Å². The van der Waals surface area contributed by atoms with E-state index in [0.29, 0.717) is 18.5 Å². The van der Waals surface area contributed by atoms with Gasteiger partial charge in [0.25, 0.3) is 0 Å². The van der Waals surface area contributed by atoms with Crippen LogP contribution in [-0.2, 0) is 4.79 Å². The van der Waals surface area contributed by atoms with Crippen molar-refractivity contribution in [2.24, 2.45) is 0 Å². The van der Waals surface area contributed by atoms with Crippen LogP contribution in [0.25, 0.3) is 0 Å². The van der Waals surface area contributed by atoms with E-state index in [1.165, 1.54) is 19.3 Å². The first kappa shape index (κ1) is 18.4. The number of nitrogens with one attached hydrogen (secondary N) is 1. The molecule has 1 unspecified atom stereocenters. The molecule has 0 aromatic carbocycles. The zero-order chi connectivity index (χ0) is 15.5. The molecule has 1 N–H and O–H groups in total. The molecule has 1 aliphatic rings. The third-order valence-electron chi connectivity index (χ3n) is 4.13. The van der Waals surface area contributed by atoms with Gasteiger partial charge in [0.05, 0.1) is 6.54 Å². The van der Waals surface area contributed by atoms with Gasteiger partial charge in [-0.05, 0) is 45.2 Å². The highest BCUT2D eigenvalue weighted by Gasteiger charge is 2.20. The molecule has 0 bridgehead atoms. The van der Waals surface area contributed by atoms with Crippen molar-refractivity contribution in [3.8, 4) is 0 Å². The van der Waals surface area contributed by atoms with E-state index in [1.54, 1.807) is 0 Å². The summed E-state index contributed by atoms with van der Waals surface area (Å²) >= 11 is 0. The summed E-state index contributed by atoms with van der Waals surface area (Å²) in [6.45, 7) is 12.0.